The fraction of sp³-hybridized carbons (Fsp3) is 0.375. The van der Waals surface area contributed by atoms with Crippen molar-refractivity contribution in [3.63, 3.8) is 0 Å². The van der Waals surface area contributed by atoms with Gasteiger partial charge in [0, 0.05) is 17.1 Å². The maximum Gasteiger partial charge on any atom is 0.329 e. The zero-order valence-electron chi connectivity index (χ0n) is 18.0. The van der Waals surface area contributed by atoms with Crippen LogP contribution in [0.25, 0.3) is 21.9 Å². The van der Waals surface area contributed by atoms with E-state index >= 15 is 0 Å². The molecule has 0 amide bonds. The van der Waals surface area contributed by atoms with E-state index in [9.17, 15) is 14.0 Å². The molecule has 0 N–H and O–H groups in total. The van der Waals surface area contributed by atoms with Gasteiger partial charge in [-0.25, -0.2) is 9.18 Å². The predicted molar refractivity (Wildman–Crippen MR) is 127 cm³/mol. The van der Waals surface area contributed by atoms with Crippen molar-refractivity contribution < 1.29 is 4.39 Å². The molecular weight excluding hydrogens is 475 g/mol. The van der Waals surface area contributed by atoms with Crippen LogP contribution in [0.5, 0.6) is 0 Å². The molecule has 0 spiro atoms. The summed E-state index contributed by atoms with van der Waals surface area (Å²) in [5.41, 5.74) is 1.52. The second kappa shape index (κ2) is 7.99. The molecule has 32 heavy (non-hydrogen) atoms. The molecule has 1 aliphatic carbocycles. The number of aryl methyl sites for hydroxylation is 1. The molecule has 0 unspecified atom stereocenters. The van der Waals surface area contributed by atoms with Gasteiger partial charge in [-0.15, -0.1) is 0 Å². The average Bonchev–Trinajstić information content (AvgIpc) is 3.54. The highest BCUT2D eigenvalue weighted by atomic mass is 79.9. The minimum atomic E-state index is -0.396. The lowest BCUT2D eigenvalue weighted by atomic mass is 10.1. The smallest absolute Gasteiger partial charge is 0.327 e. The Morgan fingerprint density at radius 1 is 1.06 bits per heavy atom. The number of hydrogen-bond acceptors (Lipinski definition) is 3. The van der Waals surface area contributed by atoms with Gasteiger partial charge in [0.05, 0.1) is 28.5 Å². The summed E-state index contributed by atoms with van der Waals surface area (Å²) in [6.45, 7) is 5.07. The van der Waals surface area contributed by atoms with Gasteiger partial charge in [-0.05, 0) is 61.6 Å². The van der Waals surface area contributed by atoms with Crippen LogP contribution in [0.3, 0.4) is 0 Å². The van der Waals surface area contributed by atoms with E-state index in [1.807, 2.05) is 16.7 Å². The second-order valence-corrected chi connectivity index (χ2v) is 9.85. The first kappa shape index (κ1) is 21.1. The van der Waals surface area contributed by atoms with Crippen molar-refractivity contribution in [2.45, 2.75) is 52.2 Å². The summed E-state index contributed by atoms with van der Waals surface area (Å²) >= 11 is 3.43. The van der Waals surface area contributed by atoms with Crippen molar-refractivity contribution in [2.24, 2.45) is 5.92 Å². The minimum absolute atomic E-state index is 0.109. The largest absolute Gasteiger partial charge is 0.329 e. The monoisotopic (exact) mass is 498 g/mol. The van der Waals surface area contributed by atoms with Crippen molar-refractivity contribution in [3.05, 3.63) is 73.4 Å². The van der Waals surface area contributed by atoms with Crippen LogP contribution in [-0.2, 0) is 13.1 Å². The van der Waals surface area contributed by atoms with E-state index in [1.165, 1.54) is 12.1 Å². The van der Waals surface area contributed by atoms with Gasteiger partial charge in [-0.3, -0.25) is 13.9 Å². The lowest BCUT2D eigenvalue weighted by Crippen LogP contribution is -2.28. The first-order valence-electron chi connectivity index (χ1n) is 10.9. The summed E-state index contributed by atoms with van der Waals surface area (Å²) < 4.78 is 20.3. The average molecular weight is 499 g/mol. The third-order valence-corrected chi connectivity index (χ3v) is 6.58. The molecular formula is C24H24BrFN4O2. The van der Waals surface area contributed by atoms with Crippen molar-refractivity contribution in [3.8, 4) is 0 Å². The molecule has 2 heterocycles. The summed E-state index contributed by atoms with van der Waals surface area (Å²) in [5.74, 6) is 0.570. The van der Waals surface area contributed by atoms with Gasteiger partial charge in [0.1, 0.15) is 11.6 Å². The van der Waals surface area contributed by atoms with Crippen LogP contribution in [0.4, 0.5) is 4.39 Å². The molecule has 0 aliphatic heterocycles. The zero-order valence-corrected chi connectivity index (χ0v) is 19.6. The molecule has 1 fully saturated rings. The fourth-order valence-corrected chi connectivity index (χ4v) is 4.64. The SMILES string of the molecule is CC(C)CCn1c(Cn2c(=O)n(C3CC3)c3ccc(F)cc32)nc(=O)c2cc(Br)ccc21. The van der Waals surface area contributed by atoms with Crippen molar-refractivity contribution in [1.29, 1.82) is 0 Å². The molecule has 0 bridgehead atoms. The van der Waals surface area contributed by atoms with E-state index in [2.05, 4.69) is 34.8 Å². The quantitative estimate of drug-likeness (QED) is 0.382. The van der Waals surface area contributed by atoms with Crippen LogP contribution in [0, 0.1) is 11.7 Å². The lowest BCUT2D eigenvalue weighted by molar-refractivity contribution is 0.500. The van der Waals surface area contributed by atoms with E-state index < -0.39 is 5.82 Å². The zero-order chi connectivity index (χ0) is 22.6. The first-order valence-corrected chi connectivity index (χ1v) is 11.7. The fourth-order valence-electron chi connectivity index (χ4n) is 4.28. The van der Waals surface area contributed by atoms with Crippen LogP contribution < -0.4 is 11.2 Å². The van der Waals surface area contributed by atoms with Gasteiger partial charge in [-0.2, -0.15) is 4.98 Å². The Hall–Kier alpha value is -2.74. The first-order chi connectivity index (χ1) is 15.3. The Labute approximate surface area is 192 Å². The Morgan fingerprint density at radius 2 is 1.81 bits per heavy atom. The number of fused-ring (bicyclic) bond motifs is 2. The molecule has 5 rings (SSSR count). The Balaban J connectivity index is 1.71. The van der Waals surface area contributed by atoms with E-state index in [-0.39, 0.29) is 23.8 Å². The standard InChI is InChI=1S/C24H24BrFN4O2/c1-14(2)9-10-28-19-7-3-15(25)11-18(19)23(31)27-22(28)13-29-21-12-16(26)4-8-20(21)30(24(29)32)17-5-6-17/h3-4,7-8,11-12,14,17H,5-6,9-10,13H2,1-2H3. The van der Waals surface area contributed by atoms with Crippen LogP contribution in [0.15, 0.2) is 50.5 Å². The normalized spacial score (nSPS) is 14.2. The maximum atomic E-state index is 14.1. The van der Waals surface area contributed by atoms with Crippen molar-refractivity contribution >= 4 is 37.9 Å². The number of nitrogens with zero attached hydrogens (tertiary/aromatic N) is 4. The number of rotatable bonds is 6. The lowest BCUT2D eigenvalue weighted by Gasteiger charge is -2.17. The molecule has 2 aromatic heterocycles. The summed E-state index contributed by atoms with van der Waals surface area (Å²) in [5, 5.41) is 0.533. The Morgan fingerprint density at radius 3 is 2.53 bits per heavy atom. The number of hydrogen-bond donors (Lipinski definition) is 0. The van der Waals surface area contributed by atoms with Crippen LogP contribution in [-0.4, -0.2) is 18.7 Å². The predicted octanol–water partition coefficient (Wildman–Crippen LogP) is 4.84. The molecule has 0 atom stereocenters. The molecule has 0 radical (unpaired) electrons. The molecule has 6 nitrogen and oxygen atoms in total. The molecule has 166 valence electrons. The summed E-state index contributed by atoms with van der Waals surface area (Å²) in [4.78, 5) is 30.6. The van der Waals surface area contributed by atoms with Gasteiger partial charge in [0.25, 0.3) is 5.56 Å². The molecule has 0 saturated heterocycles. The highest BCUT2D eigenvalue weighted by Crippen LogP contribution is 2.36. The third-order valence-electron chi connectivity index (χ3n) is 6.09. The van der Waals surface area contributed by atoms with E-state index in [4.69, 9.17) is 0 Å². The van der Waals surface area contributed by atoms with E-state index in [0.717, 1.165) is 34.8 Å². The topological polar surface area (TPSA) is 61.8 Å². The minimum Gasteiger partial charge on any atom is -0.327 e. The number of aromatic nitrogens is 4. The van der Waals surface area contributed by atoms with Crippen molar-refractivity contribution in [1.82, 2.24) is 18.7 Å². The summed E-state index contributed by atoms with van der Waals surface area (Å²) in [6.07, 6.45) is 2.78. The van der Waals surface area contributed by atoms with Crippen molar-refractivity contribution in [2.75, 3.05) is 0 Å². The third kappa shape index (κ3) is 3.70. The van der Waals surface area contributed by atoms with Crippen LogP contribution >= 0.6 is 15.9 Å². The molecule has 4 aromatic rings. The van der Waals surface area contributed by atoms with Gasteiger partial charge in [0.15, 0.2) is 0 Å². The van der Waals surface area contributed by atoms with E-state index in [1.54, 1.807) is 21.3 Å². The van der Waals surface area contributed by atoms with Gasteiger partial charge < -0.3 is 4.57 Å². The highest BCUT2D eigenvalue weighted by Gasteiger charge is 2.29. The molecule has 2 aromatic carbocycles. The second-order valence-electron chi connectivity index (χ2n) is 8.93. The molecule has 8 heteroatoms. The highest BCUT2D eigenvalue weighted by molar-refractivity contribution is 9.10. The Kier molecular flexibility index (Phi) is 5.28. The molecule has 1 saturated carbocycles. The maximum absolute atomic E-state index is 14.1. The van der Waals surface area contributed by atoms with Gasteiger partial charge >= 0.3 is 5.69 Å². The number of imidazole rings is 1. The Bertz CT molecular complexity index is 1460. The van der Waals surface area contributed by atoms with E-state index in [0.29, 0.717) is 29.2 Å². The van der Waals surface area contributed by atoms with Gasteiger partial charge in [-0.1, -0.05) is 29.8 Å². The summed E-state index contributed by atoms with van der Waals surface area (Å²) in [7, 11) is 0. The van der Waals surface area contributed by atoms with Gasteiger partial charge in [0.2, 0.25) is 0 Å². The van der Waals surface area contributed by atoms with Crippen LogP contribution in [0.1, 0.15) is 45.0 Å². The number of halogens is 2. The number of benzene rings is 2. The summed E-state index contributed by atoms with van der Waals surface area (Å²) in [6, 6.07) is 10.2. The van der Waals surface area contributed by atoms with Crippen LogP contribution in [0.2, 0.25) is 0 Å². The molecule has 1 aliphatic rings.